The normalized spacial score (nSPS) is 12.4. The van der Waals surface area contributed by atoms with Gasteiger partial charge in [-0.15, -0.1) is 16.9 Å². The molecule has 0 spiro atoms. The van der Waals surface area contributed by atoms with Crippen molar-refractivity contribution in [1.29, 1.82) is 0 Å². The zero-order valence-electron chi connectivity index (χ0n) is 20.3. The third-order valence-electron chi connectivity index (χ3n) is 5.57. The molecule has 3 rings (SSSR count). The van der Waals surface area contributed by atoms with E-state index in [1.54, 1.807) is 0 Å². The molecule has 1 heterocycles. The maximum Gasteiger partial charge on any atom is 0.416 e. The number of hydrogen-bond donors (Lipinski definition) is 1. The monoisotopic (exact) mass is 521 g/mol. The summed E-state index contributed by atoms with van der Waals surface area (Å²) in [7, 11) is 0. The van der Waals surface area contributed by atoms with Gasteiger partial charge in [0.15, 0.2) is 0 Å². The predicted molar refractivity (Wildman–Crippen MR) is 134 cm³/mol. The number of benzene rings is 2. The van der Waals surface area contributed by atoms with Crippen LogP contribution in [0.2, 0.25) is 0 Å². The summed E-state index contributed by atoms with van der Waals surface area (Å²) < 4.78 is 50.0. The van der Waals surface area contributed by atoms with E-state index in [9.17, 15) is 18.0 Å². The van der Waals surface area contributed by atoms with Gasteiger partial charge in [0.2, 0.25) is 0 Å². The fourth-order valence-corrected chi connectivity index (χ4v) is 4.45. The lowest BCUT2D eigenvalue weighted by Crippen LogP contribution is -2.14. The number of esters is 1. The van der Waals surface area contributed by atoms with Crippen LogP contribution < -0.4 is 5.32 Å². The van der Waals surface area contributed by atoms with Crippen molar-refractivity contribution >= 4 is 29.4 Å². The van der Waals surface area contributed by atoms with Gasteiger partial charge in [-0.05, 0) is 42.7 Å². The number of halogens is 3. The van der Waals surface area contributed by atoms with Crippen molar-refractivity contribution in [3.05, 3.63) is 54.1 Å². The van der Waals surface area contributed by atoms with E-state index < -0.39 is 11.7 Å². The van der Waals surface area contributed by atoms with Gasteiger partial charge < -0.3 is 14.5 Å². The highest BCUT2D eigenvalue weighted by Gasteiger charge is 2.30. The SMILES string of the molecule is CCCCC(CC)COC(=O)CCSc1ccccc1-c1nnc(Nc2cccc(C(F)(F)F)c2)o1. The average Bonchev–Trinajstić information content (AvgIpc) is 3.32. The third kappa shape index (κ3) is 8.29. The molecule has 3 aromatic rings. The lowest BCUT2D eigenvalue weighted by Gasteiger charge is -2.14. The summed E-state index contributed by atoms with van der Waals surface area (Å²) in [5, 5.41) is 10.7. The van der Waals surface area contributed by atoms with Gasteiger partial charge >= 0.3 is 18.2 Å². The van der Waals surface area contributed by atoms with E-state index in [1.165, 1.54) is 23.9 Å². The molecule has 1 atom stereocenters. The molecule has 0 saturated carbocycles. The highest BCUT2D eigenvalue weighted by atomic mass is 32.2. The van der Waals surface area contributed by atoms with Gasteiger partial charge in [0.1, 0.15) is 0 Å². The Bertz CT molecular complexity index is 1120. The fourth-order valence-electron chi connectivity index (χ4n) is 3.47. The molecule has 0 amide bonds. The molecule has 0 bridgehead atoms. The number of alkyl halides is 3. The van der Waals surface area contributed by atoms with E-state index in [-0.39, 0.29) is 30.0 Å². The summed E-state index contributed by atoms with van der Waals surface area (Å²) in [6.07, 6.45) is 0.142. The maximum atomic E-state index is 13.0. The van der Waals surface area contributed by atoms with Crippen molar-refractivity contribution in [1.82, 2.24) is 10.2 Å². The highest BCUT2D eigenvalue weighted by Crippen LogP contribution is 2.34. The molecule has 6 nitrogen and oxygen atoms in total. The molecule has 2 aromatic carbocycles. The summed E-state index contributed by atoms with van der Waals surface area (Å²) in [4.78, 5) is 13.0. The molecule has 0 aliphatic heterocycles. The van der Waals surface area contributed by atoms with Crippen molar-refractivity contribution in [2.75, 3.05) is 17.7 Å². The average molecular weight is 522 g/mol. The zero-order valence-corrected chi connectivity index (χ0v) is 21.1. The Hall–Kier alpha value is -3.01. The Balaban J connectivity index is 1.57. The molecule has 0 radical (unpaired) electrons. The Morgan fingerprint density at radius 3 is 2.69 bits per heavy atom. The number of anilines is 2. The van der Waals surface area contributed by atoms with E-state index in [0.29, 0.717) is 23.8 Å². The molecule has 1 N–H and O–H groups in total. The number of carbonyl (C=O) groups excluding carboxylic acids is 1. The van der Waals surface area contributed by atoms with Gasteiger partial charge in [-0.2, -0.15) is 13.2 Å². The van der Waals surface area contributed by atoms with Crippen LogP contribution in [0.1, 0.15) is 51.5 Å². The summed E-state index contributed by atoms with van der Waals surface area (Å²) in [5.74, 6) is 0.918. The molecular formula is C26H30F3N3O3S. The number of nitrogens with zero attached hydrogens (tertiary/aromatic N) is 2. The first kappa shape index (κ1) is 27.6. The fraction of sp³-hybridized carbons (Fsp3) is 0.423. The predicted octanol–water partition coefficient (Wildman–Crippen LogP) is 7.74. The number of aromatic nitrogens is 2. The number of hydrogen-bond acceptors (Lipinski definition) is 7. The zero-order chi connectivity index (χ0) is 26.0. The number of carbonyl (C=O) groups is 1. The van der Waals surface area contributed by atoms with Gasteiger partial charge in [-0.3, -0.25) is 4.79 Å². The van der Waals surface area contributed by atoms with Crippen LogP contribution in [-0.4, -0.2) is 28.5 Å². The van der Waals surface area contributed by atoms with Crippen molar-refractivity contribution in [2.45, 2.75) is 57.0 Å². The minimum Gasteiger partial charge on any atom is -0.465 e. The topological polar surface area (TPSA) is 77.2 Å². The molecular weight excluding hydrogens is 491 g/mol. The Kier molecular flexibility index (Phi) is 10.2. The van der Waals surface area contributed by atoms with Crippen molar-refractivity contribution in [3.63, 3.8) is 0 Å². The molecule has 36 heavy (non-hydrogen) atoms. The Morgan fingerprint density at radius 2 is 1.94 bits per heavy atom. The first-order chi connectivity index (χ1) is 17.3. The molecule has 0 fully saturated rings. The molecule has 0 saturated heterocycles. The minimum absolute atomic E-state index is 0.0266. The third-order valence-corrected chi connectivity index (χ3v) is 6.65. The molecule has 10 heteroatoms. The van der Waals surface area contributed by atoms with E-state index in [1.807, 2.05) is 24.3 Å². The maximum absolute atomic E-state index is 13.0. The van der Waals surface area contributed by atoms with Crippen LogP contribution in [0.15, 0.2) is 57.8 Å². The molecule has 194 valence electrons. The van der Waals surface area contributed by atoms with E-state index in [2.05, 4.69) is 29.4 Å². The highest BCUT2D eigenvalue weighted by molar-refractivity contribution is 7.99. The Morgan fingerprint density at radius 1 is 1.14 bits per heavy atom. The second-order valence-corrected chi connectivity index (χ2v) is 9.45. The van der Waals surface area contributed by atoms with Crippen LogP contribution in [-0.2, 0) is 15.7 Å². The van der Waals surface area contributed by atoms with E-state index in [4.69, 9.17) is 9.15 Å². The van der Waals surface area contributed by atoms with Gasteiger partial charge in [0, 0.05) is 16.3 Å². The molecule has 0 aliphatic rings. The summed E-state index contributed by atoms with van der Waals surface area (Å²) >= 11 is 1.47. The van der Waals surface area contributed by atoms with E-state index >= 15 is 0 Å². The second kappa shape index (κ2) is 13.3. The van der Waals surface area contributed by atoms with Crippen LogP contribution in [0.4, 0.5) is 24.9 Å². The quantitative estimate of drug-likeness (QED) is 0.182. The second-order valence-electron chi connectivity index (χ2n) is 8.31. The summed E-state index contributed by atoms with van der Waals surface area (Å²) in [5.41, 5.74) is 0.0750. The number of rotatable bonds is 13. The lowest BCUT2D eigenvalue weighted by molar-refractivity contribution is -0.144. The number of ether oxygens (including phenoxy) is 1. The van der Waals surface area contributed by atoms with E-state index in [0.717, 1.165) is 42.7 Å². The number of nitrogens with one attached hydrogen (secondary N) is 1. The molecule has 1 aromatic heterocycles. The molecule has 0 aliphatic carbocycles. The number of unbranched alkanes of at least 4 members (excludes halogenated alkanes) is 1. The van der Waals surface area contributed by atoms with Gasteiger partial charge in [-0.25, -0.2) is 0 Å². The van der Waals surface area contributed by atoms with Crippen LogP contribution in [0.25, 0.3) is 11.5 Å². The largest absolute Gasteiger partial charge is 0.465 e. The molecule has 1 unspecified atom stereocenters. The Labute approximate surface area is 213 Å². The van der Waals surface area contributed by atoms with Crippen molar-refractivity contribution < 1.29 is 27.1 Å². The minimum atomic E-state index is -4.45. The standard InChI is InChI=1S/C26H30F3N3O3S/c1-3-5-9-18(4-2)17-34-23(33)14-15-36-22-13-7-6-12-21(22)24-31-32-25(35-24)30-20-11-8-10-19(16-20)26(27,28)29/h6-8,10-13,16,18H,3-5,9,14-15,17H2,1-2H3,(H,30,32). The van der Waals surface area contributed by atoms with Crippen molar-refractivity contribution in [2.24, 2.45) is 5.92 Å². The van der Waals surface area contributed by atoms with Crippen molar-refractivity contribution in [3.8, 4) is 11.5 Å². The van der Waals surface area contributed by atoms with Crippen LogP contribution in [0, 0.1) is 5.92 Å². The summed E-state index contributed by atoms with van der Waals surface area (Å²) in [6, 6.07) is 12.1. The number of thioether (sulfide) groups is 1. The van der Waals surface area contributed by atoms with Gasteiger partial charge in [0.25, 0.3) is 5.89 Å². The summed E-state index contributed by atoms with van der Waals surface area (Å²) in [6.45, 7) is 4.72. The van der Waals surface area contributed by atoms with Crippen LogP contribution >= 0.6 is 11.8 Å². The first-order valence-corrected chi connectivity index (χ1v) is 12.9. The van der Waals surface area contributed by atoms with Gasteiger partial charge in [-0.1, -0.05) is 56.4 Å². The van der Waals surface area contributed by atoms with Crippen LogP contribution in [0.3, 0.4) is 0 Å². The van der Waals surface area contributed by atoms with Gasteiger partial charge in [0.05, 0.1) is 24.2 Å². The lowest BCUT2D eigenvalue weighted by atomic mass is 10.0. The first-order valence-electron chi connectivity index (χ1n) is 12.0. The van der Waals surface area contributed by atoms with Crippen LogP contribution in [0.5, 0.6) is 0 Å². The smallest absolute Gasteiger partial charge is 0.416 e.